The van der Waals surface area contributed by atoms with Crippen molar-refractivity contribution in [3.63, 3.8) is 0 Å². The summed E-state index contributed by atoms with van der Waals surface area (Å²) < 4.78 is 29.8. The van der Waals surface area contributed by atoms with Crippen molar-refractivity contribution in [1.82, 2.24) is 15.5 Å². The van der Waals surface area contributed by atoms with E-state index in [1.165, 1.54) is 6.07 Å². The maximum Gasteiger partial charge on any atom is 0.335 e. The van der Waals surface area contributed by atoms with Crippen LogP contribution in [0.25, 0.3) is 0 Å². The summed E-state index contributed by atoms with van der Waals surface area (Å²) >= 11 is 5.84. The van der Waals surface area contributed by atoms with E-state index >= 15 is 0 Å². The monoisotopic (exact) mass is 391 g/mol. The fourth-order valence-corrected chi connectivity index (χ4v) is 3.51. The van der Waals surface area contributed by atoms with Gasteiger partial charge in [0.05, 0.1) is 12.3 Å². The van der Waals surface area contributed by atoms with Crippen molar-refractivity contribution < 1.29 is 17.6 Å². The molecule has 1 N–H and O–H groups in total. The highest BCUT2D eigenvalue weighted by molar-refractivity contribution is 7.90. The fraction of sp³-hybridized carbons (Fsp3) is 0.118. The van der Waals surface area contributed by atoms with E-state index in [1.54, 1.807) is 48.5 Å². The zero-order valence-corrected chi connectivity index (χ0v) is 15.0. The number of hydrogen-bond donors (Lipinski definition) is 1. The van der Waals surface area contributed by atoms with Crippen molar-refractivity contribution in [2.24, 2.45) is 0 Å². The van der Waals surface area contributed by atoms with E-state index in [0.29, 0.717) is 16.1 Å². The number of halogens is 1. The van der Waals surface area contributed by atoms with E-state index in [0.717, 1.165) is 0 Å². The minimum Gasteiger partial charge on any atom is -0.411 e. The molecule has 0 fully saturated rings. The van der Waals surface area contributed by atoms with Gasteiger partial charge in [0.1, 0.15) is 0 Å². The van der Waals surface area contributed by atoms with Crippen LogP contribution in [0.4, 0.5) is 0 Å². The molecule has 1 heterocycles. The molecule has 7 nitrogen and oxygen atoms in total. The molecule has 134 valence electrons. The number of rotatable bonds is 6. The van der Waals surface area contributed by atoms with E-state index in [-0.39, 0.29) is 24.1 Å². The first-order valence-corrected chi connectivity index (χ1v) is 9.60. The van der Waals surface area contributed by atoms with Crippen LogP contribution in [0.5, 0.6) is 0 Å². The highest BCUT2D eigenvalue weighted by Gasteiger charge is 2.23. The van der Waals surface area contributed by atoms with E-state index in [4.69, 9.17) is 16.0 Å². The van der Waals surface area contributed by atoms with Gasteiger partial charge in [-0.25, -0.2) is 8.42 Å². The number of carbonyl (C=O) groups is 1. The second kappa shape index (κ2) is 7.67. The maximum atomic E-state index is 12.3. The number of aromatic nitrogens is 2. The Morgan fingerprint density at radius 2 is 1.85 bits per heavy atom. The molecule has 26 heavy (non-hydrogen) atoms. The van der Waals surface area contributed by atoms with Gasteiger partial charge in [-0.1, -0.05) is 53.1 Å². The fourth-order valence-electron chi connectivity index (χ4n) is 2.18. The summed E-state index contributed by atoms with van der Waals surface area (Å²) in [5.74, 6) is -0.643. The lowest BCUT2D eigenvalue weighted by Gasteiger charge is -2.02. The van der Waals surface area contributed by atoms with Crippen molar-refractivity contribution in [1.29, 1.82) is 0 Å². The van der Waals surface area contributed by atoms with Crippen molar-refractivity contribution in [3.05, 3.63) is 76.6 Å². The molecule has 0 aliphatic carbocycles. The van der Waals surface area contributed by atoms with Crippen LogP contribution in [-0.2, 0) is 22.1 Å². The van der Waals surface area contributed by atoms with Crippen LogP contribution in [0.15, 0.2) is 64.2 Å². The van der Waals surface area contributed by atoms with Gasteiger partial charge in [-0.2, -0.15) is 0 Å². The van der Waals surface area contributed by atoms with Crippen molar-refractivity contribution in [2.75, 3.05) is 0 Å². The van der Waals surface area contributed by atoms with Gasteiger partial charge in [0.25, 0.3) is 5.91 Å². The smallest absolute Gasteiger partial charge is 0.335 e. The molecule has 0 bridgehead atoms. The molecule has 0 saturated carbocycles. The average Bonchev–Trinajstić information content (AvgIpc) is 3.10. The van der Waals surface area contributed by atoms with Crippen LogP contribution in [0.3, 0.4) is 0 Å². The SMILES string of the molecule is O=C(NCc1nnc(S(=O)(=O)Cc2ccccc2)o1)c1cccc(Cl)c1. The van der Waals surface area contributed by atoms with Gasteiger partial charge in [0.15, 0.2) is 0 Å². The summed E-state index contributed by atoms with van der Waals surface area (Å²) in [6, 6.07) is 15.1. The lowest BCUT2D eigenvalue weighted by atomic mass is 10.2. The van der Waals surface area contributed by atoms with E-state index in [1.807, 2.05) is 0 Å². The van der Waals surface area contributed by atoms with Crippen molar-refractivity contribution in [3.8, 4) is 0 Å². The Balaban J connectivity index is 1.65. The number of benzene rings is 2. The molecular weight excluding hydrogens is 378 g/mol. The van der Waals surface area contributed by atoms with Crippen molar-refractivity contribution in [2.45, 2.75) is 17.5 Å². The van der Waals surface area contributed by atoms with E-state index in [9.17, 15) is 13.2 Å². The Labute approximate surface area is 154 Å². The predicted octanol–water partition coefficient (Wildman–Crippen LogP) is 2.63. The quantitative estimate of drug-likeness (QED) is 0.693. The molecule has 2 aromatic carbocycles. The highest BCUT2D eigenvalue weighted by atomic mass is 35.5. The van der Waals surface area contributed by atoms with Gasteiger partial charge in [-0.05, 0) is 23.8 Å². The standard InChI is InChI=1S/C17H14ClN3O4S/c18-14-8-4-7-13(9-14)16(22)19-10-15-20-21-17(25-15)26(23,24)11-12-5-2-1-3-6-12/h1-9H,10-11H2,(H,19,22). The molecule has 3 rings (SSSR count). The Morgan fingerprint density at radius 3 is 2.58 bits per heavy atom. The van der Waals surface area contributed by atoms with Gasteiger partial charge in [-0.15, -0.1) is 5.10 Å². The Hall–Kier alpha value is -2.71. The minimum atomic E-state index is -3.76. The molecule has 0 unspecified atom stereocenters. The average molecular weight is 392 g/mol. The van der Waals surface area contributed by atoms with Crippen LogP contribution in [0.1, 0.15) is 21.8 Å². The number of nitrogens with zero attached hydrogens (tertiary/aromatic N) is 2. The second-order valence-electron chi connectivity index (χ2n) is 5.40. The molecule has 0 spiro atoms. The minimum absolute atomic E-state index is 0.00739. The molecule has 0 aliphatic heterocycles. The number of carbonyl (C=O) groups excluding carboxylic acids is 1. The molecule has 0 atom stereocenters. The molecular formula is C17H14ClN3O4S. The third-order valence-electron chi connectivity index (χ3n) is 3.40. The first kappa shape index (κ1) is 18.1. The molecule has 0 saturated heterocycles. The second-order valence-corrected chi connectivity index (χ2v) is 7.70. The topological polar surface area (TPSA) is 102 Å². The third-order valence-corrected chi connectivity index (χ3v) is 5.05. The van der Waals surface area contributed by atoms with Crippen LogP contribution in [0.2, 0.25) is 5.02 Å². The summed E-state index contributed by atoms with van der Waals surface area (Å²) in [7, 11) is -3.76. The Bertz CT molecular complexity index is 1020. The van der Waals surface area contributed by atoms with E-state index in [2.05, 4.69) is 15.5 Å². The highest BCUT2D eigenvalue weighted by Crippen LogP contribution is 2.15. The van der Waals surface area contributed by atoms with Crippen LogP contribution < -0.4 is 5.32 Å². The zero-order chi connectivity index (χ0) is 18.6. The van der Waals surface area contributed by atoms with Gasteiger partial charge in [-0.3, -0.25) is 4.79 Å². The summed E-state index contributed by atoms with van der Waals surface area (Å²) in [5.41, 5.74) is 0.982. The lowest BCUT2D eigenvalue weighted by Crippen LogP contribution is -2.22. The predicted molar refractivity (Wildman–Crippen MR) is 94.3 cm³/mol. The molecule has 1 aromatic heterocycles. The Kier molecular flexibility index (Phi) is 5.34. The van der Waals surface area contributed by atoms with Crippen molar-refractivity contribution >= 4 is 27.3 Å². The summed E-state index contributed by atoms with van der Waals surface area (Å²) in [6.07, 6.45) is 0. The maximum absolute atomic E-state index is 12.3. The number of hydrogen-bond acceptors (Lipinski definition) is 6. The number of nitrogens with one attached hydrogen (secondary N) is 1. The van der Waals surface area contributed by atoms with Gasteiger partial charge in [0.2, 0.25) is 15.7 Å². The molecule has 9 heteroatoms. The van der Waals surface area contributed by atoms with Crippen LogP contribution >= 0.6 is 11.6 Å². The third kappa shape index (κ3) is 4.47. The molecule has 0 aliphatic rings. The largest absolute Gasteiger partial charge is 0.411 e. The van der Waals surface area contributed by atoms with E-state index < -0.39 is 15.1 Å². The number of sulfone groups is 1. The normalized spacial score (nSPS) is 11.3. The Morgan fingerprint density at radius 1 is 1.08 bits per heavy atom. The lowest BCUT2D eigenvalue weighted by molar-refractivity contribution is 0.0946. The van der Waals surface area contributed by atoms with Crippen LogP contribution in [0, 0.1) is 0 Å². The van der Waals surface area contributed by atoms with Crippen LogP contribution in [-0.4, -0.2) is 24.5 Å². The first-order valence-electron chi connectivity index (χ1n) is 7.57. The molecule has 3 aromatic rings. The molecule has 0 radical (unpaired) electrons. The zero-order valence-electron chi connectivity index (χ0n) is 13.4. The molecule has 1 amide bonds. The number of amides is 1. The van der Waals surface area contributed by atoms with Gasteiger partial charge in [0, 0.05) is 10.6 Å². The summed E-state index contributed by atoms with van der Waals surface area (Å²) in [4.78, 5) is 12.0. The first-order chi connectivity index (χ1) is 12.4. The summed E-state index contributed by atoms with van der Waals surface area (Å²) in [6.45, 7) is -0.0980. The summed E-state index contributed by atoms with van der Waals surface area (Å²) in [5, 5.41) is 9.77. The van der Waals surface area contributed by atoms with Gasteiger partial charge < -0.3 is 9.73 Å². The van der Waals surface area contributed by atoms with Gasteiger partial charge >= 0.3 is 5.22 Å².